The van der Waals surface area contributed by atoms with Gasteiger partial charge in [-0.05, 0) is 36.7 Å². The number of benzene rings is 1. The van der Waals surface area contributed by atoms with E-state index in [0.29, 0.717) is 6.61 Å². The monoisotopic (exact) mass is 620 g/mol. The molecular weight excluding hydrogens is 589 g/mol. The van der Waals surface area contributed by atoms with Crippen LogP contribution < -0.4 is 0 Å². The lowest BCUT2D eigenvalue weighted by Crippen LogP contribution is -2.53. The molecule has 0 radical (unpaired) electrons. The molecule has 40 heavy (non-hydrogen) atoms. The van der Waals surface area contributed by atoms with Crippen LogP contribution in [-0.4, -0.2) is 74.7 Å². The lowest BCUT2D eigenvalue weighted by Gasteiger charge is -2.51. The van der Waals surface area contributed by atoms with Crippen molar-refractivity contribution in [3.63, 3.8) is 0 Å². The first-order valence-electron chi connectivity index (χ1n) is 12.1. The maximum Gasteiger partial charge on any atom is 0.416 e. The number of pyridine rings is 1. The van der Waals surface area contributed by atoms with Crippen LogP contribution in [-0.2, 0) is 10.3 Å². The molecule has 0 saturated heterocycles. The third-order valence-electron chi connectivity index (χ3n) is 6.15. The summed E-state index contributed by atoms with van der Waals surface area (Å²) in [5.74, 6) is -3.40. The number of ether oxygens (including phenoxy) is 1. The van der Waals surface area contributed by atoms with E-state index in [-0.39, 0.29) is 27.8 Å². The Bertz CT molecular complexity index is 1340. The van der Waals surface area contributed by atoms with Gasteiger partial charge in [0.2, 0.25) is 5.96 Å². The molecule has 1 aliphatic rings. The molecule has 1 atom stereocenters. The molecule has 1 unspecified atom stereocenters. The molecule has 3 rings (SSSR count). The van der Waals surface area contributed by atoms with E-state index in [1.165, 1.54) is 26.1 Å². The molecule has 15 heteroatoms. The van der Waals surface area contributed by atoms with Gasteiger partial charge in [0, 0.05) is 39.6 Å². The molecule has 0 saturated carbocycles. The van der Waals surface area contributed by atoms with E-state index in [1.54, 1.807) is 0 Å². The highest BCUT2D eigenvalue weighted by molar-refractivity contribution is 8.22. The number of aromatic nitrogens is 1. The van der Waals surface area contributed by atoms with Gasteiger partial charge in [-0.25, -0.2) is 32.2 Å². The Morgan fingerprint density at radius 1 is 1.27 bits per heavy atom. The second kappa shape index (κ2) is 12.1. The number of carboxylic acid groups (broad SMARTS) is 1. The minimum atomic E-state index is -3.67. The normalized spacial score (nSPS) is 20.2. The number of nitrogens with zero attached hydrogens (tertiary/aromatic N) is 4. The summed E-state index contributed by atoms with van der Waals surface area (Å²) >= 11 is 5.60. The highest BCUT2D eigenvalue weighted by atomic mass is 35.5. The summed E-state index contributed by atoms with van der Waals surface area (Å²) in [4.78, 5) is 21.1. The third kappa shape index (κ3) is 7.56. The SMILES string of the molecule is CN1C(N(COCC[Si](C)(C)C)C(=O)O)=NC(C)(c2cc(/C=C(\F)c3cc(F)c(Cl)cn3)ccc2F)CS1(O)O. The molecule has 1 amide bonds. The molecule has 3 N–H and O–H groups in total. The van der Waals surface area contributed by atoms with Crippen LogP contribution in [0.5, 0.6) is 0 Å². The molecule has 220 valence electrons. The number of hydrogen-bond donors (Lipinski definition) is 3. The Labute approximate surface area is 238 Å². The van der Waals surface area contributed by atoms with Crippen LogP contribution >= 0.6 is 22.4 Å². The van der Waals surface area contributed by atoms with Crippen molar-refractivity contribution in [1.82, 2.24) is 14.2 Å². The number of amides is 1. The van der Waals surface area contributed by atoms with Gasteiger partial charge in [0.1, 0.15) is 35.4 Å². The average Bonchev–Trinajstić information content (AvgIpc) is 2.83. The second-order valence-corrected chi connectivity index (χ2v) is 18.9. The number of carbonyl (C=O) groups is 1. The number of rotatable bonds is 8. The van der Waals surface area contributed by atoms with E-state index in [1.807, 2.05) is 0 Å². The number of halogens is 4. The molecular formula is C25H32ClF3N4O5SSi. The molecule has 1 aromatic carbocycles. The van der Waals surface area contributed by atoms with Gasteiger partial charge in [-0.15, -0.1) is 10.8 Å². The summed E-state index contributed by atoms with van der Waals surface area (Å²) in [5.41, 5.74) is -2.00. The zero-order chi connectivity index (χ0) is 30.0. The van der Waals surface area contributed by atoms with Gasteiger partial charge >= 0.3 is 6.09 Å². The lowest BCUT2D eigenvalue weighted by atomic mass is 9.92. The van der Waals surface area contributed by atoms with E-state index in [9.17, 15) is 27.8 Å². The highest BCUT2D eigenvalue weighted by Crippen LogP contribution is 2.52. The fourth-order valence-electron chi connectivity index (χ4n) is 3.84. The van der Waals surface area contributed by atoms with Crippen molar-refractivity contribution < 1.29 is 36.9 Å². The minimum absolute atomic E-state index is 0.139. The molecule has 0 aliphatic carbocycles. The standard InChI is InChI=1S/C25H32ClF3N4O5SSi/c1-25(17-10-16(6-7-19(17)27)11-21(29)22-12-20(28)18(26)13-30-22)14-39(36,37)32(2)23(31-25)33(24(34)35)15-38-8-9-40(3,4)5/h6-7,10-13,36-37H,8-9,14-15H2,1-5H3,(H,34,35)/b21-11-. The Balaban J connectivity index is 2.02. The van der Waals surface area contributed by atoms with Gasteiger partial charge in [0.15, 0.2) is 0 Å². The molecule has 2 aromatic rings. The first kappa shape index (κ1) is 31.9. The van der Waals surface area contributed by atoms with Gasteiger partial charge in [0.05, 0.1) is 10.8 Å². The largest absolute Gasteiger partial charge is 0.465 e. The fourth-order valence-corrected chi connectivity index (χ4v) is 6.27. The van der Waals surface area contributed by atoms with Crippen molar-refractivity contribution in [3.05, 3.63) is 63.9 Å². The highest BCUT2D eigenvalue weighted by Gasteiger charge is 2.45. The molecule has 0 spiro atoms. The Morgan fingerprint density at radius 2 is 1.95 bits per heavy atom. The number of guanidine groups is 1. The second-order valence-electron chi connectivity index (χ2n) is 10.7. The van der Waals surface area contributed by atoms with Crippen LogP contribution in [0.2, 0.25) is 30.7 Å². The molecule has 1 aliphatic heterocycles. The van der Waals surface area contributed by atoms with Gasteiger partial charge in [-0.2, -0.15) is 0 Å². The molecule has 0 bridgehead atoms. The summed E-state index contributed by atoms with van der Waals surface area (Å²) in [6.45, 7) is 7.69. The van der Waals surface area contributed by atoms with Crippen LogP contribution in [0.15, 0.2) is 35.5 Å². The van der Waals surface area contributed by atoms with Gasteiger partial charge in [0.25, 0.3) is 0 Å². The maximum atomic E-state index is 15.2. The fraction of sp³-hybridized carbons (Fsp3) is 0.400. The minimum Gasteiger partial charge on any atom is -0.465 e. The molecule has 9 nitrogen and oxygen atoms in total. The van der Waals surface area contributed by atoms with Crippen molar-refractivity contribution in [3.8, 4) is 0 Å². The van der Waals surface area contributed by atoms with Crippen molar-refractivity contribution in [1.29, 1.82) is 0 Å². The smallest absolute Gasteiger partial charge is 0.416 e. The van der Waals surface area contributed by atoms with E-state index < -0.39 is 60.4 Å². The Kier molecular flexibility index (Phi) is 9.64. The summed E-state index contributed by atoms with van der Waals surface area (Å²) in [5, 5.41) is 9.61. The predicted molar refractivity (Wildman–Crippen MR) is 154 cm³/mol. The average molecular weight is 621 g/mol. The first-order chi connectivity index (χ1) is 18.4. The molecule has 2 heterocycles. The van der Waals surface area contributed by atoms with Crippen LogP contribution in [0.25, 0.3) is 11.9 Å². The van der Waals surface area contributed by atoms with Crippen molar-refractivity contribution in [2.45, 2.75) is 38.1 Å². The van der Waals surface area contributed by atoms with E-state index in [2.05, 4.69) is 29.6 Å². The van der Waals surface area contributed by atoms with Crippen molar-refractivity contribution >= 4 is 54.4 Å². The molecule has 1 aromatic heterocycles. The van der Waals surface area contributed by atoms with Crippen LogP contribution in [0, 0.1) is 11.6 Å². The van der Waals surface area contributed by atoms with Gasteiger partial charge in [-0.3, -0.25) is 14.1 Å². The van der Waals surface area contributed by atoms with Gasteiger partial charge in [-0.1, -0.05) is 37.3 Å². The maximum absolute atomic E-state index is 15.2. The van der Waals surface area contributed by atoms with Crippen LogP contribution in [0.4, 0.5) is 18.0 Å². The van der Waals surface area contributed by atoms with Crippen molar-refractivity contribution in [2.24, 2.45) is 4.99 Å². The zero-order valence-corrected chi connectivity index (χ0v) is 25.2. The summed E-state index contributed by atoms with van der Waals surface area (Å²) in [7, 11) is -3.86. The third-order valence-corrected chi connectivity index (χ3v) is 10.1. The number of aliphatic imine (C=N–C) groups is 1. The summed E-state index contributed by atoms with van der Waals surface area (Å²) < 4.78 is 72.1. The predicted octanol–water partition coefficient (Wildman–Crippen LogP) is 6.96. The Morgan fingerprint density at radius 3 is 2.55 bits per heavy atom. The van der Waals surface area contributed by atoms with Crippen molar-refractivity contribution in [2.75, 3.05) is 26.1 Å². The topological polar surface area (TPSA) is 119 Å². The van der Waals surface area contributed by atoms with E-state index in [0.717, 1.165) is 39.7 Å². The summed E-state index contributed by atoms with van der Waals surface area (Å²) in [6.07, 6.45) is 0.495. The quantitative estimate of drug-likeness (QED) is 0.166. The van der Waals surface area contributed by atoms with E-state index in [4.69, 9.17) is 16.3 Å². The van der Waals surface area contributed by atoms with Crippen LogP contribution in [0.3, 0.4) is 0 Å². The number of hydrogen-bond acceptors (Lipinski definition) is 7. The van der Waals surface area contributed by atoms with E-state index >= 15 is 4.39 Å². The lowest BCUT2D eigenvalue weighted by molar-refractivity contribution is 0.0650. The van der Waals surface area contributed by atoms with Gasteiger partial charge < -0.3 is 9.84 Å². The Hall–Kier alpha value is -2.62. The first-order valence-corrected chi connectivity index (χ1v) is 17.9. The summed E-state index contributed by atoms with van der Waals surface area (Å²) in [6, 6.07) is 5.15. The van der Waals surface area contributed by atoms with Crippen LogP contribution in [0.1, 0.15) is 23.7 Å². The zero-order valence-electron chi connectivity index (χ0n) is 22.7. The molecule has 0 fully saturated rings.